The molecule has 0 atom stereocenters. The van der Waals surface area contributed by atoms with Crippen LogP contribution in [0.2, 0.25) is 5.15 Å². The minimum atomic E-state index is -3.96. The first-order chi connectivity index (χ1) is 7.43. The van der Waals surface area contributed by atoms with Crippen LogP contribution < -0.4 is 0 Å². The third-order valence-corrected chi connectivity index (χ3v) is 3.69. The number of aromatic nitrogens is 3. The van der Waals surface area contributed by atoms with Gasteiger partial charge >= 0.3 is 0 Å². The Morgan fingerprint density at radius 1 is 1.44 bits per heavy atom. The van der Waals surface area contributed by atoms with Gasteiger partial charge in [-0.15, -0.1) is 0 Å². The maximum Gasteiger partial charge on any atom is 0.281 e. The van der Waals surface area contributed by atoms with E-state index in [0.717, 1.165) is 10.2 Å². The lowest BCUT2D eigenvalue weighted by Gasteiger charge is -1.99. The van der Waals surface area contributed by atoms with Crippen LogP contribution in [-0.4, -0.2) is 23.0 Å². The van der Waals surface area contributed by atoms with Crippen molar-refractivity contribution in [1.82, 2.24) is 14.6 Å². The number of hydrogen-bond donors (Lipinski definition) is 0. The highest BCUT2D eigenvalue weighted by Gasteiger charge is 2.23. The van der Waals surface area contributed by atoms with Crippen LogP contribution in [0.15, 0.2) is 17.2 Å². The van der Waals surface area contributed by atoms with Gasteiger partial charge in [-0.05, 0) is 18.6 Å². The van der Waals surface area contributed by atoms with Crippen molar-refractivity contribution in [3.63, 3.8) is 0 Å². The van der Waals surface area contributed by atoms with E-state index in [4.69, 9.17) is 22.3 Å². The second kappa shape index (κ2) is 3.87. The van der Waals surface area contributed by atoms with E-state index in [-0.39, 0.29) is 10.2 Å². The molecule has 16 heavy (non-hydrogen) atoms. The van der Waals surface area contributed by atoms with Crippen LogP contribution in [0.4, 0.5) is 0 Å². The molecule has 2 aromatic heterocycles. The molecule has 0 radical (unpaired) electrons. The van der Waals surface area contributed by atoms with Crippen LogP contribution in [0.3, 0.4) is 0 Å². The van der Waals surface area contributed by atoms with Gasteiger partial charge in [0.15, 0.2) is 10.8 Å². The maximum absolute atomic E-state index is 11.3. The van der Waals surface area contributed by atoms with E-state index in [9.17, 15) is 8.42 Å². The molecule has 0 amide bonds. The molecule has 2 rings (SSSR count). The molecule has 5 nitrogen and oxygen atoms in total. The van der Waals surface area contributed by atoms with Crippen molar-refractivity contribution in [2.24, 2.45) is 0 Å². The Morgan fingerprint density at radius 3 is 2.69 bits per heavy atom. The van der Waals surface area contributed by atoms with Gasteiger partial charge in [0.25, 0.3) is 9.05 Å². The summed E-state index contributed by atoms with van der Waals surface area (Å²) in [5.41, 5.74) is 1.07. The van der Waals surface area contributed by atoms with E-state index in [1.165, 1.54) is 0 Å². The highest BCUT2D eigenvalue weighted by atomic mass is 35.7. The van der Waals surface area contributed by atoms with Crippen LogP contribution in [-0.2, 0) is 15.5 Å². The highest BCUT2D eigenvalue weighted by Crippen LogP contribution is 2.24. The summed E-state index contributed by atoms with van der Waals surface area (Å²) in [7, 11) is 1.30. The molecule has 0 N–H and O–H groups in total. The van der Waals surface area contributed by atoms with Crippen molar-refractivity contribution in [2.45, 2.75) is 18.4 Å². The lowest BCUT2D eigenvalue weighted by molar-refractivity contribution is 0.601. The van der Waals surface area contributed by atoms with Crippen molar-refractivity contribution in [1.29, 1.82) is 0 Å². The SMILES string of the molecule is CCc1ccc2nc(Cl)c(S(=O)(=O)Cl)n2n1. The Labute approximate surface area is 101 Å². The van der Waals surface area contributed by atoms with Gasteiger partial charge < -0.3 is 0 Å². The molecule has 0 aliphatic carbocycles. The van der Waals surface area contributed by atoms with Crippen LogP contribution in [0.5, 0.6) is 0 Å². The summed E-state index contributed by atoms with van der Waals surface area (Å²) in [5, 5.41) is 3.63. The molecule has 0 unspecified atom stereocenters. The molecule has 86 valence electrons. The quantitative estimate of drug-likeness (QED) is 0.788. The Morgan fingerprint density at radius 2 is 2.12 bits per heavy atom. The number of hydrogen-bond acceptors (Lipinski definition) is 4. The summed E-state index contributed by atoms with van der Waals surface area (Å²) in [6.07, 6.45) is 0.674. The number of rotatable bonds is 2. The Balaban J connectivity index is 2.87. The summed E-state index contributed by atoms with van der Waals surface area (Å²) in [6.45, 7) is 1.90. The number of halogens is 2. The lowest BCUT2D eigenvalue weighted by Crippen LogP contribution is -2.03. The van der Waals surface area contributed by atoms with E-state index in [1.54, 1.807) is 12.1 Å². The third kappa shape index (κ3) is 1.88. The molecular formula is C8H7Cl2N3O2S. The molecule has 0 aromatic carbocycles. The second-order valence-corrected chi connectivity index (χ2v) is 5.93. The smallest absolute Gasteiger partial charge is 0.214 e. The lowest BCUT2D eigenvalue weighted by atomic mass is 10.3. The molecule has 0 bridgehead atoms. The zero-order chi connectivity index (χ0) is 11.9. The van der Waals surface area contributed by atoms with Crippen LogP contribution in [0.25, 0.3) is 5.65 Å². The molecule has 8 heteroatoms. The van der Waals surface area contributed by atoms with E-state index >= 15 is 0 Å². The van der Waals surface area contributed by atoms with Crippen molar-refractivity contribution >= 4 is 37.0 Å². The first-order valence-corrected chi connectivity index (χ1v) is 7.11. The fourth-order valence-electron chi connectivity index (χ4n) is 1.32. The van der Waals surface area contributed by atoms with Gasteiger partial charge in [0.1, 0.15) is 0 Å². The second-order valence-electron chi connectivity index (χ2n) is 3.09. The Hall–Kier alpha value is -0.850. The Kier molecular flexibility index (Phi) is 2.81. The van der Waals surface area contributed by atoms with Crippen LogP contribution in [0, 0.1) is 0 Å². The van der Waals surface area contributed by atoms with Crippen molar-refractivity contribution < 1.29 is 8.42 Å². The molecule has 0 saturated carbocycles. The van der Waals surface area contributed by atoms with E-state index in [0.29, 0.717) is 12.1 Å². The minimum Gasteiger partial charge on any atom is -0.214 e. The van der Waals surface area contributed by atoms with Crippen molar-refractivity contribution in [3.8, 4) is 0 Å². The molecule has 0 fully saturated rings. The molecule has 2 heterocycles. The molecular weight excluding hydrogens is 273 g/mol. The largest absolute Gasteiger partial charge is 0.281 e. The van der Waals surface area contributed by atoms with Crippen LogP contribution >= 0.6 is 22.3 Å². The van der Waals surface area contributed by atoms with Crippen LogP contribution in [0.1, 0.15) is 12.6 Å². The molecule has 2 aromatic rings. The fraction of sp³-hybridized carbons (Fsp3) is 0.250. The maximum atomic E-state index is 11.3. The highest BCUT2D eigenvalue weighted by molar-refractivity contribution is 8.13. The molecule has 0 spiro atoms. The standard InChI is InChI=1S/C8H7Cl2N3O2S/c1-2-5-3-4-6-11-7(9)8(13(6)12-5)16(10,14)15/h3-4H,2H2,1H3. The average molecular weight is 280 g/mol. The van der Waals surface area contributed by atoms with Gasteiger partial charge in [0.05, 0.1) is 5.69 Å². The predicted molar refractivity (Wildman–Crippen MR) is 60.4 cm³/mol. The van der Waals surface area contributed by atoms with Gasteiger partial charge in [0.2, 0.25) is 5.03 Å². The minimum absolute atomic E-state index is 0.171. The average Bonchev–Trinajstić information content (AvgIpc) is 2.51. The first kappa shape index (κ1) is 11.6. The van der Waals surface area contributed by atoms with Gasteiger partial charge in [-0.2, -0.15) is 9.61 Å². The summed E-state index contributed by atoms with van der Waals surface area (Å²) in [6, 6.07) is 3.40. The van der Waals surface area contributed by atoms with Gasteiger partial charge in [-0.3, -0.25) is 0 Å². The summed E-state index contributed by atoms with van der Waals surface area (Å²) < 4.78 is 23.8. The van der Waals surface area contributed by atoms with E-state index in [1.807, 2.05) is 6.92 Å². The normalized spacial score (nSPS) is 12.2. The molecule has 0 aliphatic rings. The molecule has 0 saturated heterocycles. The third-order valence-electron chi connectivity index (χ3n) is 2.04. The van der Waals surface area contributed by atoms with Gasteiger partial charge in [-0.25, -0.2) is 13.4 Å². The first-order valence-electron chi connectivity index (χ1n) is 4.42. The summed E-state index contributed by atoms with van der Waals surface area (Å²) in [4.78, 5) is 3.86. The Bertz CT molecular complexity index is 651. The zero-order valence-electron chi connectivity index (χ0n) is 8.18. The fourth-order valence-corrected chi connectivity index (χ4v) is 2.91. The van der Waals surface area contributed by atoms with Gasteiger partial charge in [0, 0.05) is 10.7 Å². The van der Waals surface area contributed by atoms with Crippen molar-refractivity contribution in [3.05, 3.63) is 23.0 Å². The summed E-state index contributed by atoms with van der Waals surface area (Å²) in [5.74, 6) is 0. The predicted octanol–water partition coefficient (Wildman–Crippen LogP) is 1.87. The summed E-state index contributed by atoms with van der Waals surface area (Å²) >= 11 is 5.71. The number of aryl methyl sites for hydroxylation is 1. The topological polar surface area (TPSA) is 64.3 Å². The molecule has 0 aliphatic heterocycles. The van der Waals surface area contributed by atoms with E-state index < -0.39 is 9.05 Å². The zero-order valence-corrected chi connectivity index (χ0v) is 10.5. The monoisotopic (exact) mass is 279 g/mol. The number of imidazole rings is 1. The van der Waals surface area contributed by atoms with Gasteiger partial charge in [-0.1, -0.05) is 18.5 Å². The van der Waals surface area contributed by atoms with E-state index in [2.05, 4.69) is 10.1 Å². The number of nitrogens with zero attached hydrogens (tertiary/aromatic N) is 3. The van der Waals surface area contributed by atoms with Crippen molar-refractivity contribution in [2.75, 3.05) is 0 Å². The number of fused-ring (bicyclic) bond motifs is 1.